The fourth-order valence-electron chi connectivity index (χ4n) is 1.32. The Bertz CT molecular complexity index is 526. The third-order valence-corrected chi connectivity index (χ3v) is 3.55. The molecule has 1 aromatic carbocycles. The maximum absolute atomic E-state index is 12.0. The van der Waals surface area contributed by atoms with Crippen molar-refractivity contribution in [1.82, 2.24) is 0 Å². The minimum atomic E-state index is -3.91. The van der Waals surface area contributed by atoms with E-state index >= 15 is 0 Å². The summed E-state index contributed by atoms with van der Waals surface area (Å²) < 4.78 is 40.4. The number of hydrogen-bond donors (Lipinski definition) is 2. The van der Waals surface area contributed by atoms with Gasteiger partial charge < -0.3 is 15.2 Å². The maximum Gasteiger partial charge on any atom is 0.338 e. The third-order valence-electron chi connectivity index (χ3n) is 2.22. The fraction of sp³-hybridized carbons (Fsp3) is 0.333. The van der Waals surface area contributed by atoms with Gasteiger partial charge in [0.25, 0.3) is 0 Å². The molecule has 0 fully saturated rings. The average molecular weight is 288 g/mol. The monoisotopic (exact) mass is 288 g/mol. The SMILES string of the molecule is CC(=CCF)OS(=O)(=O)c1ccc(NCCN)cc1. The van der Waals surface area contributed by atoms with Crippen LogP contribution in [0.3, 0.4) is 0 Å². The molecule has 0 spiro atoms. The van der Waals surface area contributed by atoms with Gasteiger partial charge in [-0.25, -0.2) is 4.39 Å². The molecule has 5 nitrogen and oxygen atoms in total. The van der Waals surface area contributed by atoms with Crippen molar-refractivity contribution < 1.29 is 17.0 Å². The van der Waals surface area contributed by atoms with E-state index in [1.807, 2.05) is 0 Å². The Kier molecular flexibility index (Phi) is 5.78. The Morgan fingerprint density at radius 3 is 2.58 bits per heavy atom. The number of allylic oxidation sites excluding steroid dienone is 2. The van der Waals surface area contributed by atoms with Crippen LogP contribution in [0.5, 0.6) is 0 Å². The quantitative estimate of drug-likeness (QED) is 0.589. The van der Waals surface area contributed by atoms with Crippen LogP contribution < -0.4 is 11.1 Å². The zero-order chi connectivity index (χ0) is 14.3. The standard InChI is InChI=1S/C12H17FN2O3S/c1-10(6-7-13)18-19(16,17)12-4-2-11(3-5-12)15-9-8-14/h2-6,15H,7-9,14H2,1H3. The topological polar surface area (TPSA) is 81.4 Å². The van der Waals surface area contributed by atoms with Gasteiger partial charge in [-0.3, -0.25) is 0 Å². The van der Waals surface area contributed by atoms with Gasteiger partial charge in [0.05, 0.1) is 0 Å². The van der Waals surface area contributed by atoms with Gasteiger partial charge in [0, 0.05) is 18.8 Å². The number of alkyl halides is 1. The van der Waals surface area contributed by atoms with E-state index in [2.05, 4.69) is 5.32 Å². The summed E-state index contributed by atoms with van der Waals surface area (Å²) >= 11 is 0. The molecule has 0 bridgehead atoms. The molecule has 0 amide bonds. The number of halogens is 1. The van der Waals surface area contributed by atoms with E-state index in [4.69, 9.17) is 9.92 Å². The minimum absolute atomic E-state index is 0.00725. The number of nitrogens with two attached hydrogens (primary N) is 1. The number of rotatable bonds is 7. The second kappa shape index (κ2) is 7.10. The summed E-state index contributed by atoms with van der Waals surface area (Å²) in [6, 6.07) is 6.05. The van der Waals surface area contributed by atoms with E-state index in [0.29, 0.717) is 13.1 Å². The van der Waals surface area contributed by atoms with Crippen LogP contribution in [0, 0.1) is 0 Å². The summed E-state index contributed by atoms with van der Waals surface area (Å²) in [5.41, 5.74) is 6.11. The number of anilines is 1. The Morgan fingerprint density at radius 2 is 2.05 bits per heavy atom. The minimum Gasteiger partial charge on any atom is -0.384 e. The van der Waals surface area contributed by atoms with Gasteiger partial charge in [0.2, 0.25) is 0 Å². The van der Waals surface area contributed by atoms with Crippen LogP contribution in [0.1, 0.15) is 6.92 Å². The summed E-state index contributed by atoms with van der Waals surface area (Å²) in [7, 11) is -3.91. The van der Waals surface area contributed by atoms with E-state index in [1.165, 1.54) is 19.1 Å². The van der Waals surface area contributed by atoms with E-state index < -0.39 is 16.8 Å². The van der Waals surface area contributed by atoms with Gasteiger partial charge in [-0.15, -0.1) is 0 Å². The molecule has 0 aliphatic heterocycles. The van der Waals surface area contributed by atoms with E-state index in [-0.39, 0.29) is 10.7 Å². The first-order valence-corrected chi connectivity index (χ1v) is 7.11. The summed E-state index contributed by atoms with van der Waals surface area (Å²) in [6.45, 7) is 1.69. The summed E-state index contributed by atoms with van der Waals surface area (Å²) in [5, 5.41) is 3.01. The second-order valence-electron chi connectivity index (χ2n) is 3.75. The maximum atomic E-state index is 12.0. The number of benzene rings is 1. The molecule has 19 heavy (non-hydrogen) atoms. The lowest BCUT2D eigenvalue weighted by Gasteiger charge is -2.08. The normalized spacial score (nSPS) is 12.3. The van der Waals surface area contributed by atoms with Crippen molar-refractivity contribution in [3.63, 3.8) is 0 Å². The van der Waals surface area contributed by atoms with E-state index in [9.17, 15) is 12.8 Å². The van der Waals surface area contributed by atoms with Crippen LogP contribution in [-0.2, 0) is 14.3 Å². The van der Waals surface area contributed by atoms with Crippen molar-refractivity contribution >= 4 is 15.8 Å². The van der Waals surface area contributed by atoms with E-state index in [1.54, 1.807) is 12.1 Å². The molecule has 0 aromatic heterocycles. The average Bonchev–Trinajstić information content (AvgIpc) is 2.36. The first kappa shape index (κ1) is 15.5. The molecule has 1 rings (SSSR count). The Balaban J connectivity index is 2.82. The molecule has 7 heteroatoms. The lowest BCUT2D eigenvalue weighted by Crippen LogP contribution is -2.13. The molecule has 0 atom stereocenters. The lowest BCUT2D eigenvalue weighted by molar-refractivity contribution is 0.402. The van der Waals surface area contributed by atoms with Crippen LogP contribution in [-0.4, -0.2) is 28.2 Å². The first-order valence-electron chi connectivity index (χ1n) is 5.71. The highest BCUT2D eigenvalue weighted by Crippen LogP contribution is 2.18. The van der Waals surface area contributed by atoms with E-state index in [0.717, 1.165) is 11.8 Å². The van der Waals surface area contributed by atoms with Gasteiger partial charge in [0.15, 0.2) is 0 Å². The third kappa shape index (κ3) is 4.88. The highest BCUT2D eigenvalue weighted by molar-refractivity contribution is 7.86. The Labute approximate surface area is 112 Å². The smallest absolute Gasteiger partial charge is 0.338 e. The van der Waals surface area contributed by atoms with Crippen LogP contribution in [0.4, 0.5) is 10.1 Å². The molecule has 0 radical (unpaired) electrons. The predicted molar refractivity (Wildman–Crippen MR) is 72.0 cm³/mol. The van der Waals surface area contributed by atoms with Crippen molar-refractivity contribution in [2.45, 2.75) is 11.8 Å². The largest absolute Gasteiger partial charge is 0.384 e. The first-order chi connectivity index (χ1) is 8.99. The lowest BCUT2D eigenvalue weighted by atomic mass is 10.3. The number of hydrogen-bond acceptors (Lipinski definition) is 5. The second-order valence-corrected chi connectivity index (χ2v) is 5.29. The highest BCUT2D eigenvalue weighted by atomic mass is 32.2. The summed E-state index contributed by atoms with van der Waals surface area (Å²) in [4.78, 5) is 0.0115. The molecule has 1 aromatic rings. The molecule has 0 heterocycles. The zero-order valence-electron chi connectivity index (χ0n) is 10.6. The molecule has 3 N–H and O–H groups in total. The molecule has 0 aliphatic rings. The Morgan fingerprint density at radius 1 is 1.42 bits per heavy atom. The molecule has 0 unspecified atom stereocenters. The number of nitrogens with one attached hydrogen (secondary N) is 1. The molecule has 0 aliphatic carbocycles. The highest BCUT2D eigenvalue weighted by Gasteiger charge is 2.15. The Hall–Kier alpha value is -1.60. The van der Waals surface area contributed by atoms with Crippen LogP contribution in [0.2, 0.25) is 0 Å². The van der Waals surface area contributed by atoms with Gasteiger partial charge in [-0.05, 0) is 37.3 Å². The summed E-state index contributed by atoms with van der Waals surface area (Å²) in [6.07, 6.45) is 1.05. The molecule has 0 saturated carbocycles. The van der Waals surface area contributed by atoms with Gasteiger partial charge in [-0.2, -0.15) is 8.42 Å². The van der Waals surface area contributed by atoms with Gasteiger partial charge in [-0.1, -0.05) is 0 Å². The van der Waals surface area contributed by atoms with Crippen molar-refractivity contribution in [1.29, 1.82) is 0 Å². The molecule has 106 valence electrons. The van der Waals surface area contributed by atoms with Gasteiger partial charge >= 0.3 is 10.1 Å². The summed E-state index contributed by atoms with van der Waals surface area (Å²) in [5.74, 6) is 0.00725. The molecule has 0 saturated heterocycles. The van der Waals surface area contributed by atoms with Crippen molar-refractivity contribution in [2.24, 2.45) is 5.73 Å². The van der Waals surface area contributed by atoms with Gasteiger partial charge in [0.1, 0.15) is 17.3 Å². The molecular formula is C12H17FN2O3S. The van der Waals surface area contributed by atoms with Crippen molar-refractivity contribution in [3.05, 3.63) is 36.1 Å². The zero-order valence-corrected chi connectivity index (χ0v) is 11.4. The van der Waals surface area contributed by atoms with Crippen LogP contribution in [0.25, 0.3) is 0 Å². The predicted octanol–water partition coefficient (Wildman–Crippen LogP) is 1.64. The van der Waals surface area contributed by atoms with Crippen molar-refractivity contribution in [3.8, 4) is 0 Å². The van der Waals surface area contributed by atoms with Crippen molar-refractivity contribution in [2.75, 3.05) is 25.1 Å². The van der Waals surface area contributed by atoms with Crippen LogP contribution >= 0.6 is 0 Å². The van der Waals surface area contributed by atoms with Crippen LogP contribution in [0.15, 0.2) is 41.0 Å². The fourth-order valence-corrected chi connectivity index (χ4v) is 2.30. The molecular weight excluding hydrogens is 271 g/mol.